The van der Waals surface area contributed by atoms with Gasteiger partial charge >= 0.3 is 0 Å². The highest BCUT2D eigenvalue weighted by Gasteiger charge is 2.11. The lowest BCUT2D eigenvalue weighted by molar-refractivity contribution is 0.465. The van der Waals surface area contributed by atoms with E-state index in [0.717, 1.165) is 11.1 Å². The number of hydrogen-bond acceptors (Lipinski definition) is 4. The van der Waals surface area contributed by atoms with E-state index in [1.54, 1.807) is 18.5 Å². The van der Waals surface area contributed by atoms with Crippen molar-refractivity contribution in [3.05, 3.63) is 95.6 Å². The van der Waals surface area contributed by atoms with Crippen LogP contribution in [-0.4, -0.2) is 15.2 Å². The molecule has 4 aromatic rings. The largest absolute Gasteiger partial charge is 0.436 e. The first kappa shape index (κ1) is 17.4. The lowest BCUT2D eigenvalue weighted by atomic mass is 10.1. The third kappa shape index (κ3) is 3.46. The molecule has 0 amide bonds. The highest BCUT2D eigenvalue weighted by molar-refractivity contribution is 5.84. The van der Waals surface area contributed by atoms with Crippen LogP contribution in [0.15, 0.2) is 73.6 Å². The molecule has 2 aromatic heterocycles. The van der Waals surface area contributed by atoms with Gasteiger partial charge in [0.1, 0.15) is 5.75 Å². The number of nitrogens with zero attached hydrogens (tertiary/aromatic N) is 2. The van der Waals surface area contributed by atoms with Gasteiger partial charge in [0.05, 0.1) is 16.3 Å². The van der Waals surface area contributed by atoms with Gasteiger partial charge in [0.15, 0.2) is 0 Å². The first-order valence-corrected chi connectivity index (χ1v) is 8.79. The Morgan fingerprint density at radius 1 is 0.929 bits per heavy atom. The Hall–Kier alpha value is -3.99. The van der Waals surface area contributed by atoms with E-state index in [4.69, 9.17) is 10.1 Å². The van der Waals surface area contributed by atoms with Gasteiger partial charge in [0.25, 0.3) is 0 Å². The summed E-state index contributed by atoms with van der Waals surface area (Å²) < 4.78 is 5.96. The topological polar surface area (TPSA) is 74.7 Å². The maximum atomic E-state index is 8.56. The highest BCUT2D eigenvalue weighted by Crippen LogP contribution is 2.28. The molecule has 0 aliphatic heterocycles. The van der Waals surface area contributed by atoms with Crippen molar-refractivity contribution in [2.75, 3.05) is 0 Å². The molecular weight excluding hydrogens is 348 g/mol. The second-order valence-electron chi connectivity index (χ2n) is 6.14. The van der Waals surface area contributed by atoms with Crippen LogP contribution in [0.25, 0.3) is 29.1 Å². The smallest absolute Gasteiger partial charge is 0.247 e. The van der Waals surface area contributed by atoms with E-state index in [9.17, 15) is 0 Å². The number of ether oxygens (including phenoxy) is 1. The van der Waals surface area contributed by atoms with Gasteiger partial charge in [-0.3, -0.25) is 15.5 Å². The van der Waals surface area contributed by atoms with Gasteiger partial charge in [-0.1, -0.05) is 73.3 Å². The number of aromatic amines is 1. The molecule has 5 nitrogen and oxygen atoms in total. The fourth-order valence-electron chi connectivity index (χ4n) is 2.85. The predicted octanol–water partition coefficient (Wildman–Crippen LogP) is 5.04. The number of aromatic nitrogens is 3. The summed E-state index contributed by atoms with van der Waals surface area (Å²) in [6, 6.07) is 17.5. The molecule has 2 aromatic carbocycles. The molecule has 0 atom stereocenters. The minimum Gasteiger partial charge on any atom is -0.436 e. The Balaban J connectivity index is 1.74. The summed E-state index contributed by atoms with van der Waals surface area (Å²) >= 11 is 0. The third-order valence-corrected chi connectivity index (χ3v) is 4.33. The van der Waals surface area contributed by atoms with Crippen molar-refractivity contribution in [3.63, 3.8) is 0 Å². The van der Waals surface area contributed by atoms with Crippen molar-refractivity contribution in [2.45, 2.75) is 0 Å². The zero-order valence-electron chi connectivity index (χ0n) is 15.1. The highest BCUT2D eigenvalue weighted by atomic mass is 16.5. The van der Waals surface area contributed by atoms with Gasteiger partial charge in [-0.05, 0) is 11.6 Å². The Bertz CT molecular complexity index is 1230. The van der Waals surface area contributed by atoms with Crippen LogP contribution in [0.5, 0.6) is 11.6 Å². The third-order valence-electron chi connectivity index (χ3n) is 4.33. The van der Waals surface area contributed by atoms with Crippen molar-refractivity contribution in [3.8, 4) is 11.6 Å². The number of hydrogen-bond donors (Lipinski definition) is 2. The number of rotatable bonds is 5. The summed E-state index contributed by atoms with van der Waals surface area (Å²) in [4.78, 5) is 4.33. The second kappa shape index (κ2) is 7.72. The van der Waals surface area contributed by atoms with Crippen LogP contribution in [0, 0.1) is 5.41 Å². The maximum Gasteiger partial charge on any atom is 0.247 e. The molecule has 2 N–H and O–H groups in total. The quantitative estimate of drug-likeness (QED) is 0.519. The van der Waals surface area contributed by atoms with Crippen molar-refractivity contribution in [2.24, 2.45) is 0 Å². The Morgan fingerprint density at radius 2 is 1.71 bits per heavy atom. The van der Waals surface area contributed by atoms with Crippen LogP contribution in [-0.2, 0) is 0 Å². The van der Waals surface area contributed by atoms with Gasteiger partial charge in [-0.25, -0.2) is 0 Å². The number of H-pyrrole nitrogens is 1. The maximum absolute atomic E-state index is 8.56. The monoisotopic (exact) mass is 366 g/mol. The van der Waals surface area contributed by atoms with E-state index in [1.165, 1.54) is 0 Å². The molecule has 2 heterocycles. The first-order valence-electron chi connectivity index (χ1n) is 8.79. The van der Waals surface area contributed by atoms with Crippen molar-refractivity contribution >= 4 is 29.1 Å². The molecule has 4 rings (SSSR count). The fourth-order valence-corrected chi connectivity index (χ4v) is 2.85. The minimum atomic E-state index is 0.305. The SMILES string of the molecule is C=Cc1ccccc1Oc1n[nH]c2c(=N)c(/C=C/c3ccccc3)cncc12. The van der Waals surface area contributed by atoms with Gasteiger partial charge in [0.2, 0.25) is 5.88 Å². The molecule has 0 aliphatic rings. The van der Waals surface area contributed by atoms with Crippen LogP contribution in [0.3, 0.4) is 0 Å². The molecule has 28 heavy (non-hydrogen) atoms. The molecule has 0 fully saturated rings. The fraction of sp³-hybridized carbons (Fsp3) is 0. The van der Waals surface area contributed by atoms with E-state index >= 15 is 0 Å². The van der Waals surface area contributed by atoms with Crippen molar-refractivity contribution in [1.82, 2.24) is 15.2 Å². The molecule has 0 radical (unpaired) electrons. The predicted molar refractivity (Wildman–Crippen MR) is 112 cm³/mol. The zero-order chi connectivity index (χ0) is 19.3. The van der Waals surface area contributed by atoms with Crippen LogP contribution < -0.4 is 10.1 Å². The van der Waals surface area contributed by atoms with E-state index in [0.29, 0.717) is 33.5 Å². The molecule has 0 bridgehead atoms. The molecule has 136 valence electrons. The molecule has 0 aliphatic carbocycles. The second-order valence-corrected chi connectivity index (χ2v) is 6.14. The summed E-state index contributed by atoms with van der Waals surface area (Å²) in [6.45, 7) is 3.81. The average molecular weight is 366 g/mol. The zero-order valence-corrected chi connectivity index (χ0v) is 15.1. The van der Waals surface area contributed by atoms with Gasteiger partial charge < -0.3 is 4.74 Å². The summed E-state index contributed by atoms with van der Waals surface area (Å²) in [5.74, 6) is 1.02. The van der Waals surface area contributed by atoms with Crippen LogP contribution in [0.2, 0.25) is 0 Å². The normalized spacial score (nSPS) is 11.0. The summed E-state index contributed by atoms with van der Waals surface area (Å²) in [6.07, 6.45) is 8.87. The Kier molecular flexibility index (Phi) is 4.80. The standard InChI is InChI=1S/C23H18N4O/c1-2-17-10-6-7-11-20(17)28-23-19-15-25-14-18(21(24)22(19)26-27-23)13-12-16-8-4-3-5-9-16/h2-15,24H,1H2,(H,26,27)/b13-12+,24-21?. The molecular formula is C23H18N4O. The summed E-state index contributed by atoms with van der Waals surface area (Å²) in [7, 11) is 0. The summed E-state index contributed by atoms with van der Waals surface area (Å²) in [5, 5.41) is 16.7. The first-order chi connectivity index (χ1) is 13.8. The van der Waals surface area contributed by atoms with E-state index in [-0.39, 0.29) is 0 Å². The van der Waals surface area contributed by atoms with Crippen LogP contribution in [0.4, 0.5) is 0 Å². The van der Waals surface area contributed by atoms with Crippen molar-refractivity contribution < 1.29 is 4.74 Å². The van der Waals surface area contributed by atoms with E-state index < -0.39 is 0 Å². The van der Waals surface area contributed by atoms with Crippen molar-refractivity contribution in [1.29, 1.82) is 5.41 Å². The van der Waals surface area contributed by atoms with Gasteiger partial charge in [-0.2, -0.15) is 0 Å². The van der Waals surface area contributed by atoms with E-state index in [1.807, 2.05) is 66.7 Å². The van der Waals surface area contributed by atoms with Gasteiger partial charge in [0, 0.05) is 23.5 Å². The Labute approximate surface area is 162 Å². The molecule has 5 heteroatoms. The lowest BCUT2D eigenvalue weighted by Crippen LogP contribution is -2.02. The average Bonchev–Trinajstić information content (AvgIpc) is 3.06. The number of nitrogens with one attached hydrogen (secondary N) is 2. The Morgan fingerprint density at radius 3 is 2.54 bits per heavy atom. The number of benzene rings is 2. The van der Waals surface area contributed by atoms with E-state index in [2.05, 4.69) is 21.8 Å². The number of fused-ring (bicyclic) bond motifs is 1. The summed E-state index contributed by atoms with van der Waals surface area (Å²) in [5.41, 5.74) is 3.17. The minimum absolute atomic E-state index is 0.305. The van der Waals surface area contributed by atoms with Crippen LogP contribution in [0.1, 0.15) is 16.7 Å². The molecule has 0 unspecified atom stereocenters. The van der Waals surface area contributed by atoms with Crippen LogP contribution >= 0.6 is 0 Å². The van der Waals surface area contributed by atoms with Gasteiger partial charge in [-0.15, -0.1) is 5.10 Å². The molecule has 0 spiro atoms. The lowest BCUT2D eigenvalue weighted by Gasteiger charge is -2.05. The number of para-hydroxylation sites is 1. The molecule has 0 saturated heterocycles. The molecule has 0 saturated carbocycles.